The Hall–Kier alpha value is -2.75. The molecule has 4 aromatic rings. The maximum Gasteiger partial charge on any atom is 0.235 e. The summed E-state index contributed by atoms with van der Waals surface area (Å²) in [5, 5.41) is 1.49. The molecule has 0 fully saturated rings. The molecular formula is C24H18Cl2O3. The van der Waals surface area contributed by atoms with E-state index in [-0.39, 0.29) is 17.8 Å². The molecular weight excluding hydrogens is 407 g/mol. The number of halogens is 2. The maximum atomic E-state index is 13.3. The van der Waals surface area contributed by atoms with Crippen LogP contribution in [0, 0.1) is 13.8 Å². The molecule has 0 radical (unpaired) electrons. The first-order valence-electron chi connectivity index (χ1n) is 9.13. The Morgan fingerprint density at radius 3 is 2.45 bits per heavy atom. The average molecular weight is 425 g/mol. The lowest BCUT2D eigenvalue weighted by molar-refractivity contribution is 0.298. The van der Waals surface area contributed by atoms with Gasteiger partial charge in [0, 0.05) is 15.6 Å². The molecule has 1 aromatic heterocycles. The third-order valence-corrected chi connectivity index (χ3v) is 5.36. The van der Waals surface area contributed by atoms with E-state index in [1.807, 2.05) is 38.1 Å². The Morgan fingerprint density at radius 1 is 0.966 bits per heavy atom. The quantitative estimate of drug-likeness (QED) is 0.355. The van der Waals surface area contributed by atoms with Gasteiger partial charge >= 0.3 is 0 Å². The number of rotatable bonds is 4. The second-order valence-electron chi connectivity index (χ2n) is 6.97. The van der Waals surface area contributed by atoms with Crippen LogP contribution in [0.25, 0.3) is 22.3 Å². The molecule has 3 aromatic carbocycles. The van der Waals surface area contributed by atoms with E-state index in [2.05, 4.69) is 0 Å². The molecule has 3 nitrogen and oxygen atoms in total. The van der Waals surface area contributed by atoms with E-state index in [1.54, 1.807) is 36.4 Å². The van der Waals surface area contributed by atoms with Gasteiger partial charge in [-0.1, -0.05) is 53.0 Å². The zero-order valence-corrected chi connectivity index (χ0v) is 17.5. The molecule has 0 bridgehead atoms. The van der Waals surface area contributed by atoms with Crippen LogP contribution in [0.15, 0.2) is 69.9 Å². The minimum atomic E-state index is -0.259. The van der Waals surface area contributed by atoms with Crippen molar-refractivity contribution in [3.8, 4) is 17.1 Å². The maximum absolute atomic E-state index is 13.3. The monoisotopic (exact) mass is 424 g/mol. The average Bonchev–Trinajstić information content (AvgIpc) is 2.69. The highest BCUT2D eigenvalue weighted by molar-refractivity contribution is 6.32. The summed E-state index contributed by atoms with van der Waals surface area (Å²) in [4.78, 5) is 13.3. The highest BCUT2D eigenvalue weighted by Gasteiger charge is 2.19. The van der Waals surface area contributed by atoms with Crippen molar-refractivity contribution in [1.29, 1.82) is 0 Å². The van der Waals surface area contributed by atoms with Crippen molar-refractivity contribution in [2.45, 2.75) is 20.5 Å². The normalized spacial score (nSPS) is 11.0. The fourth-order valence-electron chi connectivity index (χ4n) is 3.18. The van der Waals surface area contributed by atoms with Crippen LogP contribution in [-0.4, -0.2) is 0 Å². The van der Waals surface area contributed by atoms with Crippen molar-refractivity contribution >= 4 is 34.2 Å². The molecule has 0 N–H and O–H groups in total. The lowest BCUT2D eigenvalue weighted by Gasteiger charge is -2.13. The first-order chi connectivity index (χ1) is 13.9. The van der Waals surface area contributed by atoms with Gasteiger partial charge in [0.15, 0.2) is 5.76 Å². The lowest BCUT2D eigenvalue weighted by Crippen LogP contribution is -2.10. The second-order valence-corrected chi connectivity index (χ2v) is 7.82. The molecule has 146 valence electrons. The Morgan fingerprint density at radius 2 is 1.72 bits per heavy atom. The van der Waals surface area contributed by atoms with Crippen LogP contribution < -0.4 is 10.2 Å². The number of benzene rings is 3. The van der Waals surface area contributed by atoms with E-state index in [0.717, 1.165) is 16.7 Å². The smallest absolute Gasteiger partial charge is 0.235 e. The van der Waals surface area contributed by atoms with Gasteiger partial charge in [-0.25, -0.2) is 0 Å². The Bertz CT molecular complexity index is 1260. The molecule has 5 heteroatoms. The van der Waals surface area contributed by atoms with E-state index in [0.29, 0.717) is 32.3 Å². The number of hydrogen-bond donors (Lipinski definition) is 0. The SMILES string of the molecule is Cc1cccc(COc2c(-c3ccc(Cl)cc3)oc3cc(C)c(Cl)cc3c2=O)c1. The predicted octanol–water partition coefficient (Wildman–Crippen LogP) is 6.96. The number of hydrogen-bond acceptors (Lipinski definition) is 3. The molecule has 0 spiro atoms. The zero-order chi connectivity index (χ0) is 20.5. The Balaban J connectivity index is 1.88. The first kappa shape index (κ1) is 19.6. The predicted molar refractivity (Wildman–Crippen MR) is 118 cm³/mol. The molecule has 0 amide bonds. The summed E-state index contributed by atoms with van der Waals surface area (Å²) < 4.78 is 12.1. The van der Waals surface area contributed by atoms with Crippen molar-refractivity contribution in [3.05, 3.63) is 97.6 Å². The first-order valence-corrected chi connectivity index (χ1v) is 9.89. The third kappa shape index (κ3) is 4.02. The largest absolute Gasteiger partial charge is 0.481 e. The van der Waals surface area contributed by atoms with Gasteiger partial charge in [0.1, 0.15) is 12.2 Å². The van der Waals surface area contributed by atoms with Crippen LogP contribution >= 0.6 is 23.2 Å². The minimum absolute atomic E-state index is 0.154. The lowest BCUT2D eigenvalue weighted by atomic mass is 10.1. The molecule has 0 aliphatic heterocycles. The summed E-state index contributed by atoms with van der Waals surface area (Å²) in [5.41, 5.74) is 3.83. The molecule has 0 aliphatic carbocycles. The summed E-state index contributed by atoms with van der Waals surface area (Å²) in [6.45, 7) is 4.13. The van der Waals surface area contributed by atoms with Gasteiger partial charge in [-0.3, -0.25) is 4.79 Å². The molecule has 0 atom stereocenters. The Kier molecular flexibility index (Phi) is 5.35. The molecule has 4 rings (SSSR count). The fraction of sp³-hybridized carbons (Fsp3) is 0.125. The van der Waals surface area contributed by atoms with E-state index >= 15 is 0 Å². The molecule has 0 aliphatic rings. The number of fused-ring (bicyclic) bond motifs is 1. The van der Waals surface area contributed by atoms with Crippen LogP contribution in [0.2, 0.25) is 10.0 Å². The minimum Gasteiger partial charge on any atom is -0.481 e. The second kappa shape index (κ2) is 7.94. The van der Waals surface area contributed by atoms with Crippen molar-refractivity contribution in [2.75, 3.05) is 0 Å². The molecule has 1 heterocycles. The van der Waals surface area contributed by atoms with Gasteiger partial charge in [-0.05, 0) is 61.4 Å². The topological polar surface area (TPSA) is 39.4 Å². The van der Waals surface area contributed by atoms with Crippen LogP contribution in [0.5, 0.6) is 5.75 Å². The van der Waals surface area contributed by atoms with Crippen molar-refractivity contribution in [3.63, 3.8) is 0 Å². The molecule has 0 saturated heterocycles. The van der Waals surface area contributed by atoms with Gasteiger partial charge in [0.2, 0.25) is 11.2 Å². The Labute approximate surface area is 178 Å². The van der Waals surface area contributed by atoms with E-state index in [1.165, 1.54) is 0 Å². The van der Waals surface area contributed by atoms with Gasteiger partial charge in [-0.15, -0.1) is 0 Å². The summed E-state index contributed by atoms with van der Waals surface area (Å²) in [6.07, 6.45) is 0. The van der Waals surface area contributed by atoms with Crippen LogP contribution in [0.3, 0.4) is 0 Å². The van der Waals surface area contributed by atoms with Crippen LogP contribution in [-0.2, 0) is 6.61 Å². The summed E-state index contributed by atoms with van der Waals surface area (Å²) in [7, 11) is 0. The summed E-state index contributed by atoms with van der Waals surface area (Å²) in [5.74, 6) is 0.523. The molecule has 0 saturated carbocycles. The van der Waals surface area contributed by atoms with Crippen LogP contribution in [0.4, 0.5) is 0 Å². The van der Waals surface area contributed by atoms with Gasteiger partial charge in [0.05, 0.1) is 5.39 Å². The highest BCUT2D eigenvalue weighted by Crippen LogP contribution is 2.33. The third-order valence-electron chi connectivity index (χ3n) is 4.70. The molecule has 0 unspecified atom stereocenters. The van der Waals surface area contributed by atoms with Crippen molar-refractivity contribution in [2.24, 2.45) is 0 Å². The van der Waals surface area contributed by atoms with Crippen molar-refractivity contribution in [1.82, 2.24) is 0 Å². The standard InChI is InChI=1S/C24H18Cl2O3/c1-14-4-3-5-16(10-14)13-28-24-22(27)19-12-20(26)15(2)11-21(19)29-23(24)17-6-8-18(25)9-7-17/h3-12H,13H2,1-2H3. The van der Waals surface area contributed by atoms with Gasteiger partial charge < -0.3 is 9.15 Å². The van der Waals surface area contributed by atoms with E-state index in [4.69, 9.17) is 32.4 Å². The van der Waals surface area contributed by atoms with E-state index < -0.39 is 0 Å². The summed E-state index contributed by atoms with van der Waals surface area (Å²) in [6, 6.07) is 18.4. The number of ether oxygens (including phenoxy) is 1. The van der Waals surface area contributed by atoms with Gasteiger partial charge in [-0.2, -0.15) is 0 Å². The fourth-order valence-corrected chi connectivity index (χ4v) is 3.47. The highest BCUT2D eigenvalue weighted by atomic mass is 35.5. The van der Waals surface area contributed by atoms with Gasteiger partial charge in [0.25, 0.3) is 0 Å². The molecule has 29 heavy (non-hydrogen) atoms. The van der Waals surface area contributed by atoms with Crippen molar-refractivity contribution < 1.29 is 9.15 Å². The number of aryl methyl sites for hydroxylation is 2. The zero-order valence-electron chi connectivity index (χ0n) is 16.0. The van der Waals surface area contributed by atoms with E-state index in [9.17, 15) is 4.79 Å². The van der Waals surface area contributed by atoms with Crippen LogP contribution in [0.1, 0.15) is 16.7 Å². The summed E-state index contributed by atoms with van der Waals surface area (Å²) >= 11 is 12.3.